The molecule has 0 aromatic rings. The number of carbonyl (C=O) groups is 1. The second-order valence-corrected chi connectivity index (χ2v) is 7.54. The lowest BCUT2D eigenvalue weighted by Crippen LogP contribution is -2.43. The van der Waals surface area contributed by atoms with Crippen molar-refractivity contribution in [3.8, 4) is 0 Å². The third kappa shape index (κ3) is 6.48. The Morgan fingerprint density at radius 3 is 2.77 bits per heavy atom. The van der Waals surface area contributed by atoms with Gasteiger partial charge in [-0.2, -0.15) is 5.10 Å². The van der Waals surface area contributed by atoms with E-state index in [4.69, 9.17) is 4.74 Å². The van der Waals surface area contributed by atoms with Crippen LogP contribution in [0.5, 0.6) is 0 Å². The molecule has 0 saturated carbocycles. The molecular formula is C16H26N2O2S2. The van der Waals surface area contributed by atoms with Crippen LogP contribution in [0, 0.1) is 0 Å². The number of hydrazone groups is 1. The van der Waals surface area contributed by atoms with Crippen LogP contribution < -0.4 is 5.43 Å². The summed E-state index contributed by atoms with van der Waals surface area (Å²) in [7, 11) is 0. The number of nitrogens with zero attached hydrogens (tertiary/aromatic N) is 1. The Morgan fingerprint density at radius 1 is 1.45 bits per heavy atom. The van der Waals surface area contributed by atoms with E-state index in [9.17, 15) is 4.79 Å². The van der Waals surface area contributed by atoms with Crippen LogP contribution in [0.15, 0.2) is 28.4 Å². The Morgan fingerprint density at radius 2 is 2.18 bits per heavy atom. The fourth-order valence-electron chi connectivity index (χ4n) is 2.02. The molecule has 0 bridgehead atoms. The highest BCUT2D eigenvalue weighted by Gasteiger charge is 2.33. The number of esters is 1. The minimum absolute atomic E-state index is 0.119. The minimum Gasteiger partial charge on any atom is -0.465 e. The first-order valence-corrected chi connectivity index (χ1v) is 9.59. The van der Waals surface area contributed by atoms with Crippen molar-refractivity contribution in [2.24, 2.45) is 5.10 Å². The molecule has 1 aliphatic heterocycles. The van der Waals surface area contributed by atoms with Gasteiger partial charge in [0.05, 0.1) is 12.6 Å². The highest BCUT2D eigenvalue weighted by atomic mass is 32.2. The van der Waals surface area contributed by atoms with E-state index in [1.807, 2.05) is 13.2 Å². The Labute approximate surface area is 142 Å². The highest BCUT2D eigenvalue weighted by Crippen LogP contribution is 2.28. The zero-order valence-corrected chi connectivity index (χ0v) is 15.6. The normalized spacial score (nSPS) is 21.7. The van der Waals surface area contributed by atoms with Crippen LogP contribution in [-0.4, -0.2) is 34.5 Å². The van der Waals surface area contributed by atoms with Crippen molar-refractivity contribution >= 4 is 33.9 Å². The number of rotatable bonds is 6. The largest absolute Gasteiger partial charge is 0.465 e. The lowest BCUT2D eigenvalue weighted by Gasteiger charge is -2.27. The molecule has 0 saturated heterocycles. The van der Waals surface area contributed by atoms with Gasteiger partial charge in [-0.25, -0.2) is 0 Å². The molecule has 0 aromatic heterocycles. The number of allylic oxidation sites excluding steroid dienone is 3. The standard InChI is InChI=1S/C16H26N2O2S2/c1-6-20-15(19)14-13(17-18-16(21-5)22-14)10-12(4)9-7-8-11(2)3/h8,10,13-14,17H,6-7,9H2,1-5H3/b12-10-/t13-,14+/m0/s1. The van der Waals surface area contributed by atoms with Crippen LogP contribution in [-0.2, 0) is 9.53 Å². The molecule has 1 heterocycles. The monoisotopic (exact) mass is 342 g/mol. The Balaban J connectivity index is 2.77. The van der Waals surface area contributed by atoms with Crippen LogP contribution in [0.3, 0.4) is 0 Å². The van der Waals surface area contributed by atoms with Gasteiger partial charge in [0.2, 0.25) is 0 Å². The molecule has 1 N–H and O–H groups in total. The molecule has 4 nitrogen and oxygen atoms in total. The maximum Gasteiger partial charge on any atom is 0.322 e. The molecule has 22 heavy (non-hydrogen) atoms. The van der Waals surface area contributed by atoms with Crippen LogP contribution >= 0.6 is 23.5 Å². The summed E-state index contributed by atoms with van der Waals surface area (Å²) in [6.45, 7) is 8.54. The van der Waals surface area contributed by atoms with E-state index >= 15 is 0 Å². The molecule has 0 aromatic carbocycles. The molecule has 0 unspecified atom stereocenters. The van der Waals surface area contributed by atoms with Gasteiger partial charge in [-0.15, -0.1) is 11.8 Å². The van der Waals surface area contributed by atoms with Crippen molar-refractivity contribution in [1.29, 1.82) is 0 Å². The van der Waals surface area contributed by atoms with Crippen LogP contribution in [0.2, 0.25) is 0 Å². The summed E-state index contributed by atoms with van der Waals surface area (Å²) in [6, 6.07) is -0.119. The molecule has 0 fully saturated rings. The molecular weight excluding hydrogens is 316 g/mol. The van der Waals surface area contributed by atoms with E-state index in [0.29, 0.717) is 6.61 Å². The molecule has 124 valence electrons. The summed E-state index contributed by atoms with van der Waals surface area (Å²) < 4.78 is 6.06. The second kappa shape index (κ2) is 10.0. The lowest BCUT2D eigenvalue weighted by atomic mass is 10.1. The number of hydrogen-bond acceptors (Lipinski definition) is 6. The zero-order valence-electron chi connectivity index (χ0n) is 14.0. The predicted molar refractivity (Wildman–Crippen MR) is 98.3 cm³/mol. The maximum absolute atomic E-state index is 12.2. The van der Waals surface area contributed by atoms with Crippen molar-refractivity contribution in [3.63, 3.8) is 0 Å². The summed E-state index contributed by atoms with van der Waals surface area (Å²) in [6.07, 6.45) is 8.30. The van der Waals surface area contributed by atoms with Crippen LogP contribution in [0.4, 0.5) is 0 Å². The highest BCUT2D eigenvalue weighted by molar-refractivity contribution is 8.39. The third-order valence-corrected chi connectivity index (χ3v) is 5.37. The number of hydrogen-bond donors (Lipinski definition) is 1. The topological polar surface area (TPSA) is 50.7 Å². The SMILES string of the molecule is CCOC(=O)[C@@H]1SC(SC)=NN[C@H]1/C=C(/C)CCC=C(C)C. The summed E-state index contributed by atoms with van der Waals surface area (Å²) in [4.78, 5) is 12.2. The predicted octanol–water partition coefficient (Wildman–Crippen LogP) is 3.95. The van der Waals surface area contributed by atoms with Gasteiger partial charge in [0.1, 0.15) is 5.25 Å². The molecule has 6 heteroatoms. The number of thioether (sulfide) groups is 2. The van der Waals surface area contributed by atoms with Gasteiger partial charge in [0.15, 0.2) is 4.38 Å². The molecule has 0 radical (unpaired) electrons. The van der Waals surface area contributed by atoms with Gasteiger partial charge in [0, 0.05) is 0 Å². The van der Waals surface area contributed by atoms with Crippen molar-refractivity contribution < 1.29 is 9.53 Å². The van der Waals surface area contributed by atoms with E-state index in [1.165, 1.54) is 34.7 Å². The first-order valence-electron chi connectivity index (χ1n) is 7.49. The van der Waals surface area contributed by atoms with Crippen molar-refractivity contribution in [2.45, 2.75) is 51.8 Å². The first kappa shape index (κ1) is 19.2. The summed E-state index contributed by atoms with van der Waals surface area (Å²) >= 11 is 3.02. The van der Waals surface area contributed by atoms with Gasteiger partial charge in [-0.1, -0.05) is 35.1 Å². The number of nitrogens with one attached hydrogen (secondary N) is 1. The third-order valence-electron chi connectivity index (χ3n) is 3.11. The molecule has 2 atom stereocenters. The Bertz CT molecular complexity index is 469. The van der Waals surface area contributed by atoms with Crippen molar-refractivity contribution in [3.05, 3.63) is 23.3 Å². The number of ether oxygens (including phenoxy) is 1. The Hall–Kier alpha value is -0.880. The molecule has 1 rings (SSSR count). The van der Waals surface area contributed by atoms with Crippen molar-refractivity contribution in [2.75, 3.05) is 12.9 Å². The smallest absolute Gasteiger partial charge is 0.322 e. The average Bonchev–Trinajstić information content (AvgIpc) is 2.47. The van der Waals surface area contributed by atoms with E-state index < -0.39 is 0 Å². The summed E-state index contributed by atoms with van der Waals surface area (Å²) in [5.74, 6) is -0.181. The zero-order chi connectivity index (χ0) is 16.5. The molecule has 0 amide bonds. The lowest BCUT2D eigenvalue weighted by molar-refractivity contribution is -0.142. The first-order chi connectivity index (χ1) is 10.5. The maximum atomic E-state index is 12.2. The van der Waals surface area contributed by atoms with Gasteiger partial charge < -0.3 is 4.74 Å². The van der Waals surface area contributed by atoms with Gasteiger partial charge in [-0.05, 0) is 46.8 Å². The molecule has 0 aliphatic carbocycles. The van der Waals surface area contributed by atoms with Crippen LogP contribution in [0.25, 0.3) is 0 Å². The Kier molecular flexibility index (Phi) is 8.71. The van der Waals surface area contributed by atoms with E-state index in [2.05, 4.69) is 43.5 Å². The van der Waals surface area contributed by atoms with Gasteiger partial charge in [0.25, 0.3) is 0 Å². The summed E-state index contributed by atoms with van der Waals surface area (Å²) in [5.41, 5.74) is 5.68. The van der Waals surface area contributed by atoms with E-state index in [1.54, 1.807) is 0 Å². The molecule has 1 aliphatic rings. The number of carbonyl (C=O) groups excluding carboxylic acids is 1. The van der Waals surface area contributed by atoms with Gasteiger partial charge in [-0.3, -0.25) is 10.2 Å². The fraction of sp³-hybridized carbons (Fsp3) is 0.625. The minimum atomic E-state index is -0.279. The fourth-order valence-corrected chi connectivity index (χ4v) is 3.63. The summed E-state index contributed by atoms with van der Waals surface area (Å²) in [5, 5.41) is 4.03. The second-order valence-electron chi connectivity index (χ2n) is 5.36. The quantitative estimate of drug-likeness (QED) is 0.585. The average molecular weight is 343 g/mol. The van der Waals surface area contributed by atoms with E-state index in [0.717, 1.165) is 17.2 Å². The van der Waals surface area contributed by atoms with Gasteiger partial charge >= 0.3 is 5.97 Å². The van der Waals surface area contributed by atoms with E-state index in [-0.39, 0.29) is 17.3 Å². The molecule has 0 spiro atoms. The van der Waals surface area contributed by atoms with Crippen molar-refractivity contribution in [1.82, 2.24) is 5.43 Å². The van der Waals surface area contributed by atoms with Crippen LogP contribution in [0.1, 0.15) is 40.5 Å².